The average molecular weight is 168 g/mol. The summed E-state index contributed by atoms with van der Waals surface area (Å²) in [5.74, 6) is 0. The smallest absolute Gasteiger partial charge is 0.188 e. The zero-order valence-electron chi connectivity index (χ0n) is 6.00. The maximum Gasteiger partial charge on any atom is 0.188 e. The molecule has 0 heterocycles. The Morgan fingerprint density at radius 2 is 2.11 bits per heavy atom. The molecule has 0 aromatic rings. The monoisotopic (exact) mass is 168 g/mol. The summed E-state index contributed by atoms with van der Waals surface area (Å²) in [6.07, 6.45) is 0. The Balaban J connectivity index is 3.87. The highest BCUT2D eigenvalue weighted by Gasteiger charge is 2.16. The lowest BCUT2D eigenvalue weighted by Crippen LogP contribution is -1.99. The van der Waals surface area contributed by atoms with Crippen molar-refractivity contribution in [3.8, 4) is 0 Å². The minimum absolute atomic E-state index is 0.0763. The predicted molar refractivity (Wildman–Crippen MR) is 43.3 cm³/mol. The third-order valence-corrected chi connectivity index (χ3v) is 4.48. The SMILES string of the molecule is CCOP(O)(=S)C(C)C. The minimum Gasteiger partial charge on any atom is -0.345 e. The molecule has 0 aromatic carbocycles. The van der Waals surface area contributed by atoms with E-state index in [-0.39, 0.29) is 5.66 Å². The second-order valence-corrected chi connectivity index (χ2v) is 6.06. The van der Waals surface area contributed by atoms with Crippen LogP contribution in [0.5, 0.6) is 0 Å². The van der Waals surface area contributed by atoms with E-state index in [1.165, 1.54) is 0 Å². The van der Waals surface area contributed by atoms with Crippen LogP contribution < -0.4 is 0 Å². The molecule has 0 saturated heterocycles. The van der Waals surface area contributed by atoms with Crippen molar-refractivity contribution in [3.63, 3.8) is 0 Å². The summed E-state index contributed by atoms with van der Waals surface area (Å²) >= 11 is 4.81. The van der Waals surface area contributed by atoms with Crippen LogP contribution in [0.15, 0.2) is 0 Å². The normalized spacial score (nSPS) is 17.9. The lowest BCUT2D eigenvalue weighted by molar-refractivity contribution is 0.321. The van der Waals surface area contributed by atoms with Gasteiger partial charge in [-0.2, -0.15) is 0 Å². The molecule has 4 heteroatoms. The van der Waals surface area contributed by atoms with Crippen LogP contribution in [0.2, 0.25) is 0 Å². The van der Waals surface area contributed by atoms with Gasteiger partial charge in [-0.1, -0.05) is 13.8 Å². The Labute approximate surface area is 61.4 Å². The number of rotatable bonds is 3. The molecule has 0 fully saturated rings. The first-order chi connectivity index (χ1) is 4.00. The molecule has 1 unspecified atom stereocenters. The molecular weight excluding hydrogens is 155 g/mol. The van der Waals surface area contributed by atoms with Crippen LogP contribution in [-0.4, -0.2) is 17.2 Å². The molecule has 0 radical (unpaired) electrons. The van der Waals surface area contributed by atoms with Gasteiger partial charge in [-0.25, -0.2) is 0 Å². The zero-order chi connectivity index (χ0) is 7.49. The van der Waals surface area contributed by atoms with Gasteiger partial charge in [0.05, 0.1) is 6.61 Å². The van der Waals surface area contributed by atoms with Gasteiger partial charge < -0.3 is 9.42 Å². The molecule has 0 spiro atoms. The van der Waals surface area contributed by atoms with Crippen molar-refractivity contribution >= 4 is 18.3 Å². The van der Waals surface area contributed by atoms with Gasteiger partial charge in [0.25, 0.3) is 0 Å². The van der Waals surface area contributed by atoms with Crippen LogP contribution >= 0.6 is 6.49 Å². The molecular formula is C5H13O2PS. The van der Waals surface area contributed by atoms with Crippen LogP contribution in [0, 0.1) is 0 Å². The van der Waals surface area contributed by atoms with Crippen molar-refractivity contribution in [1.82, 2.24) is 0 Å². The molecule has 2 nitrogen and oxygen atoms in total. The van der Waals surface area contributed by atoms with E-state index in [0.717, 1.165) is 0 Å². The van der Waals surface area contributed by atoms with E-state index in [2.05, 4.69) is 0 Å². The number of hydrogen-bond donors (Lipinski definition) is 1. The molecule has 0 rings (SSSR count). The first-order valence-corrected chi connectivity index (χ1v) is 5.72. The van der Waals surface area contributed by atoms with Gasteiger partial charge in [0.2, 0.25) is 0 Å². The van der Waals surface area contributed by atoms with Gasteiger partial charge in [0, 0.05) is 5.66 Å². The zero-order valence-corrected chi connectivity index (χ0v) is 7.71. The maximum atomic E-state index is 9.30. The average Bonchev–Trinajstić information content (AvgIpc) is 1.65. The molecule has 0 aliphatic rings. The Hall–Kier alpha value is 0.570. The first-order valence-electron chi connectivity index (χ1n) is 2.97. The summed E-state index contributed by atoms with van der Waals surface area (Å²) in [7, 11) is 0. The molecule has 0 amide bonds. The minimum atomic E-state index is -2.43. The summed E-state index contributed by atoms with van der Waals surface area (Å²) in [6, 6.07) is 0. The third-order valence-electron chi connectivity index (χ3n) is 0.967. The lowest BCUT2D eigenvalue weighted by Gasteiger charge is -2.17. The molecule has 1 N–H and O–H groups in total. The van der Waals surface area contributed by atoms with Crippen molar-refractivity contribution in [2.75, 3.05) is 6.61 Å². The van der Waals surface area contributed by atoms with Crippen molar-refractivity contribution in [3.05, 3.63) is 0 Å². The van der Waals surface area contributed by atoms with Crippen molar-refractivity contribution in [1.29, 1.82) is 0 Å². The molecule has 0 aromatic heterocycles. The van der Waals surface area contributed by atoms with Crippen LogP contribution in [0.25, 0.3) is 0 Å². The maximum absolute atomic E-state index is 9.30. The fourth-order valence-electron chi connectivity index (χ4n) is 0.334. The van der Waals surface area contributed by atoms with Crippen molar-refractivity contribution in [2.24, 2.45) is 0 Å². The van der Waals surface area contributed by atoms with E-state index >= 15 is 0 Å². The van der Waals surface area contributed by atoms with Gasteiger partial charge in [-0.3, -0.25) is 0 Å². The van der Waals surface area contributed by atoms with Gasteiger partial charge >= 0.3 is 0 Å². The standard InChI is InChI=1S/C5H13O2PS/c1-4-7-8(6,9)5(2)3/h5H,4H2,1-3H3,(H,6,9). The summed E-state index contributed by atoms with van der Waals surface area (Å²) in [4.78, 5) is 9.30. The largest absolute Gasteiger partial charge is 0.345 e. The van der Waals surface area contributed by atoms with Crippen LogP contribution in [0.1, 0.15) is 20.8 Å². The predicted octanol–water partition coefficient (Wildman–Crippen LogP) is 1.73. The highest BCUT2D eigenvalue weighted by molar-refractivity contribution is 8.09. The summed E-state index contributed by atoms with van der Waals surface area (Å²) in [5, 5.41) is 0. The Kier molecular flexibility index (Phi) is 3.90. The van der Waals surface area contributed by atoms with E-state index in [4.69, 9.17) is 16.3 Å². The third kappa shape index (κ3) is 3.31. The summed E-state index contributed by atoms with van der Waals surface area (Å²) in [6.45, 7) is 3.65. The quantitative estimate of drug-likeness (QED) is 0.651. The highest BCUT2D eigenvalue weighted by atomic mass is 32.5. The van der Waals surface area contributed by atoms with Crippen molar-refractivity contribution in [2.45, 2.75) is 26.4 Å². The van der Waals surface area contributed by atoms with Gasteiger partial charge in [0.1, 0.15) is 0 Å². The number of hydrogen-bond acceptors (Lipinski definition) is 2. The van der Waals surface area contributed by atoms with Crippen LogP contribution in [0.3, 0.4) is 0 Å². The van der Waals surface area contributed by atoms with Gasteiger partial charge in [-0.15, -0.1) is 0 Å². The second kappa shape index (κ2) is 3.67. The van der Waals surface area contributed by atoms with E-state index in [1.807, 2.05) is 20.8 Å². The molecule has 0 saturated carbocycles. The van der Waals surface area contributed by atoms with Gasteiger partial charge in [0.15, 0.2) is 6.49 Å². The Morgan fingerprint density at radius 1 is 1.67 bits per heavy atom. The summed E-state index contributed by atoms with van der Waals surface area (Å²) < 4.78 is 4.97. The highest BCUT2D eigenvalue weighted by Crippen LogP contribution is 2.47. The molecule has 0 bridgehead atoms. The van der Waals surface area contributed by atoms with Crippen molar-refractivity contribution < 1.29 is 9.42 Å². The summed E-state index contributed by atoms with van der Waals surface area (Å²) in [5.41, 5.74) is 0.0763. The van der Waals surface area contributed by atoms with E-state index < -0.39 is 6.49 Å². The lowest BCUT2D eigenvalue weighted by atomic mass is 10.6. The van der Waals surface area contributed by atoms with E-state index in [0.29, 0.717) is 6.61 Å². The molecule has 9 heavy (non-hydrogen) atoms. The van der Waals surface area contributed by atoms with Crippen LogP contribution in [-0.2, 0) is 16.3 Å². The van der Waals surface area contributed by atoms with Crippen LogP contribution in [0.4, 0.5) is 0 Å². The molecule has 56 valence electrons. The molecule has 0 aliphatic heterocycles. The molecule has 0 aliphatic carbocycles. The van der Waals surface area contributed by atoms with Gasteiger partial charge in [-0.05, 0) is 18.7 Å². The second-order valence-electron chi connectivity index (χ2n) is 2.08. The topological polar surface area (TPSA) is 29.5 Å². The van der Waals surface area contributed by atoms with E-state index in [1.54, 1.807) is 0 Å². The fourth-order valence-corrected chi connectivity index (χ4v) is 1.32. The first kappa shape index (κ1) is 9.57. The molecule has 1 atom stereocenters. The Bertz CT molecular complexity index is 124. The van der Waals surface area contributed by atoms with E-state index in [9.17, 15) is 4.89 Å². The fraction of sp³-hybridized carbons (Fsp3) is 1.00. The Morgan fingerprint density at radius 3 is 2.22 bits per heavy atom.